The first-order valence-electron chi connectivity index (χ1n) is 10.9. The van der Waals surface area contributed by atoms with Gasteiger partial charge in [-0.2, -0.15) is 0 Å². The number of aryl methyl sites for hydroxylation is 1. The predicted octanol–water partition coefficient (Wildman–Crippen LogP) is 6.00. The van der Waals surface area contributed by atoms with Gasteiger partial charge in [-0.15, -0.1) is 0 Å². The number of nitrogens with zero attached hydrogens (tertiary/aromatic N) is 1. The van der Waals surface area contributed by atoms with Gasteiger partial charge in [0, 0.05) is 30.8 Å². The lowest BCUT2D eigenvalue weighted by molar-refractivity contribution is 0.0980. The molecule has 4 heteroatoms. The van der Waals surface area contributed by atoms with Crippen LogP contribution in [0.5, 0.6) is 5.75 Å². The van der Waals surface area contributed by atoms with E-state index in [1.54, 1.807) is 30.6 Å². The van der Waals surface area contributed by atoms with Crippen molar-refractivity contribution in [2.45, 2.75) is 19.3 Å². The fraction of sp³-hybridized carbons (Fsp3) is 0.138. The maximum Gasteiger partial charge on any atom is 0.167 e. The van der Waals surface area contributed by atoms with Crippen molar-refractivity contribution in [2.24, 2.45) is 0 Å². The van der Waals surface area contributed by atoms with E-state index in [2.05, 4.69) is 17.1 Å². The van der Waals surface area contributed by atoms with Crippen LogP contribution >= 0.6 is 0 Å². The number of Topliss-reactive ketones (excluding diaryl/α,β-unsaturated/α-hetero) is 2. The van der Waals surface area contributed by atoms with Gasteiger partial charge in [-0.3, -0.25) is 14.6 Å². The topological polar surface area (TPSA) is 56.3 Å². The third kappa shape index (κ3) is 5.60. The molecule has 0 aliphatic heterocycles. The summed E-state index contributed by atoms with van der Waals surface area (Å²) in [4.78, 5) is 29.9. The van der Waals surface area contributed by atoms with Gasteiger partial charge < -0.3 is 4.74 Å². The highest BCUT2D eigenvalue weighted by Crippen LogP contribution is 2.24. The van der Waals surface area contributed by atoms with E-state index in [1.165, 1.54) is 7.11 Å². The van der Waals surface area contributed by atoms with E-state index in [0.717, 1.165) is 22.3 Å². The number of benzene rings is 3. The Kier molecular flexibility index (Phi) is 7.06. The number of ether oxygens (including phenoxy) is 1. The van der Waals surface area contributed by atoms with Gasteiger partial charge in [0.25, 0.3) is 0 Å². The van der Waals surface area contributed by atoms with Crippen molar-refractivity contribution in [1.82, 2.24) is 4.98 Å². The van der Waals surface area contributed by atoms with Crippen LogP contribution in [0.1, 0.15) is 38.3 Å². The first-order chi connectivity index (χ1) is 16.1. The second-order valence-corrected chi connectivity index (χ2v) is 7.86. The Bertz CT molecular complexity index is 1230. The third-order valence-electron chi connectivity index (χ3n) is 5.61. The molecule has 4 nitrogen and oxygen atoms in total. The Morgan fingerprint density at radius 3 is 2.24 bits per heavy atom. The molecule has 33 heavy (non-hydrogen) atoms. The van der Waals surface area contributed by atoms with Crippen molar-refractivity contribution < 1.29 is 14.3 Å². The molecule has 0 fully saturated rings. The Balaban J connectivity index is 1.47. The molecule has 0 bridgehead atoms. The molecule has 0 spiro atoms. The molecule has 3 aromatic carbocycles. The minimum atomic E-state index is -0.0578. The number of aromatic nitrogens is 1. The molecular weight excluding hydrogens is 410 g/mol. The van der Waals surface area contributed by atoms with Crippen LogP contribution in [0.15, 0.2) is 97.3 Å². The van der Waals surface area contributed by atoms with Crippen molar-refractivity contribution in [2.75, 3.05) is 7.11 Å². The highest BCUT2D eigenvalue weighted by atomic mass is 16.5. The average Bonchev–Trinajstić information content (AvgIpc) is 2.88. The maximum absolute atomic E-state index is 13.0. The zero-order chi connectivity index (χ0) is 23.0. The monoisotopic (exact) mass is 435 g/mol. The molecule has 4 rings (SSSR count). The van der Waals surface area contributed by atoms with Gasteiger partial charge in [0.05, 0.1) is 12.7 Å². The Labute approximate surface area is 193 Å². The van der Waals surface area contributed by atoms with E-state index in [1.807, 2.05) is 54.6 Å². The molecule has 0 saturated heterocycles. The lowest BCUT2D eigenvalue weighted by Crippen LogP contribution is -2.08. The molecule has 0 N–H and O–H groups in total. The standard InChI is InChI=1S/C29H25NO3/c1-33-29-16-14-25(19-26(29)27(31)15-11-22-6-5-17-30-20-22)28(32)18-21-9-12-24(13-10-21)23-7-3-2-4-8-23/h2-10,12-14,16-17,19-20H,11,15,18H2,1H3. The first kappa shape index (κ1) is 22.2. The molecule has 0 aliphatic carbocycles. The average molecular weight is 436 g/mol. The minimum Gasteiger partial charge on any atom is -0.496 e. The fourth-order valence-corrected chi connectivity index (χ4v) is 3.77. The largest absolute Gasteiger partial charge is 0.496 e. The van der Waals surface area contributed by atoms with Crippen LogP contribution in [0, 0.1) is 0 Å². The highest BCUT2D eigenvalue weighted by Gasteiger charge is 2.16. The van der Waals surface area contributed by atoms with Crippen LogP contribution in [0.3, 0.4) is 0 Å². The number of methoxy groups -OCH3 is 1. The van der Waals surface area contributed by atoms with Gasteiger partial charge in [-0.05, 0) is 52.9 Å². The van der Waals surface area contributed by atoms with Crippen molar-refractivity contribution in [3.63, 3.8) is 0 Å². The Hall–Kier alpha value is -4.05. The van der Waals surface area contributed by atoms with Gasteiger partial charge >= 0.3 is 0 Å². The van der Waals surface area contributed by atoms with Crippen LogP contribution in [-0.4, -0.2) is 23.7 Å². The molecule has 0 amide bonds. The maximum atomic E-state index is 13.0. The summed E-state index contributed by atoms with van der Waals surface area (Å²) in [5.41, 5.74) is 5.12. The molecule has 1 heterocycles. The van der Waals surface area contributed by atoms with Crippen LogP contribution in [0.4, 0.5) is 0 Å². The zero-order valence-electron chi connectivity index (χ0n) is 18.5. The van der Waals surface area contributed by atoms with Gasteiger partial charge in [-0.25, -0.2) is 0 Å². The van der Waals surface area contributed by atoms with Gasteiger partial charge in [0.15, 0.2) is 11.6 Å². The normalized spacial score (nSPS) is 10.6. The van der Waals surface area contributed by atoms with Crippen molar-refractivity contribution >= 4 is 11.6 Å². The van der Waals surface area contributed by atoms with Crippen LogP contribution in [0.2, 0.25) is 0 Å². The van der Waals surface area contributed by atoms with E-state index in [9.17, 15) is 9.59 Å². The van der Waals surface area contributed by atoms with Crippen molar-refractivity contribution in [3.05, 3.63) is 120 Å². The van der Waals surface area contributed by atoms with Gasteiger partial charge in [-0.1, -0.05) is 60.7 Å². The number of pyridine rings is 1. The summed E-state index contributed by atoms with van der Waals surface area (Å²) in [6, 6.07) is 27.0. The summed E-state index contributed by atoms with van der Waals surface area (Å²) in [7, 11) is 1.53. The smallest absolute Gasteiger partial charge is 0.167 e. The summed E-state index contributed by atoms with van der Waals surface area (Å²) < 4.78 is 5.38. The molecule has 4 aromatic rings. The lowest BCUT2D eigenvalue weighted by atomic mass is 9.96. The number of hydrogen-bond donors (Lipinski definition) is 0. The summed E-state index contributed by atoms with van der Waals surface area (Å²) in [6.07, 6.45) is 4.64. The van der Waals surface area contributed by atoms with Crippen LogP contribution < -0.4 is 4.74 Å². The number of hydrogen-bond acceptors (Lipinski definition) is 4. The van der Waals surface area contributed by atoms with Crippen molar-refractivity contribution in [1.29, 1.82) is 0 Å². The van der Waals surface area contributed by atoms with E-state index in [-0.39, 0.29) is 18.0 Å². The molecule has 0 aliphatic rings. The quantitative estimate of drug-likeness (QED) is 0.303. The van der Waals surface area contributed by atoms with E-state index >= 15 is 0 Å². The minimum absolute atomic E-state index is 0.0357. The highest BCUT2D eigenvalue weighted by molar-refractivity contribution is 6.03. The number of ketones is 2. The number of carbonyl (C=O) groups excluding carboxylic acids is 2. The van der Waals surface area contributed by atoms with Crippen LogP contribution in [-0.2, 0) is 12.8 Å². The van der Waals surface area contributed by atoms with Crippen molar-refractivity contribution in [3.8, 4) is 16.9 Å². The summed E-state index contributed by atoms with van der Waals surface area (Å²) in [5, 5.41) is 0. The van der Waals surface area contributed by atoms with E-state index in [0.29, 0.717) is 29.7 Å². The van der Waals surface area contributed by atoms with Gasteiger partial charge in [0.2, 0.25) is 0 Å². The SMILES string of the molecule is COc1ccc(C(=O)Cc2ccc(-c3ccccc3)cc2)cc1C(=O)CCc1cccnc1. The second kappa shape index (κ2) is 10.5. The molecule has 0 unspecified atom stereocenters. The van der Waals surface area contributed by atoms with E-state index < -0.39 is 0 Å². The molecular formula is C29H25NO3. The van der Waals surface area contributed by atoms with Crippen LogP contribution in [0.25, 0.3) is 11.1 Å². The first-order valence-corrected chi connectivity index (χ1v) is 10.9. The molecule has 1 aromatic heterocycles. The molecule has 0 atom stereocenters. The molecule has 164 valence electrons. The zero-order valence-corrected chi connectivity index (χ0v) is 18.5. The predicted molar refractivity (Wildman–Crippen MR) is 130 cm³/mol. The summed E-state index contributed by atoms with van der Waals surface area (Å²) >= 11 is 0. The third-order valence-corrected chi connectivity index (χ3v) is 5.61. The summed E-state index contributed by atoms with van der Waals surface area (Å²) in [5.74, 6) is 0.388. The number of rotatable bonds is 9. The van der Waals surface area contributed by atoms with E-state index in [4.69, 9.17) is 4.74 Å². The lowest BCUT2D eigenvalue weighted by Gasteiger charge is -2.10. The second-order valence-electron chi connectivity index (χ2n) is 7.86. The fourth-order valence-electron chi connectivity index (χ4n) is 3.77. The Morgan fingerprint density at radius 1 is 0.788 bits per heavy atom. The number of carbonyl (C=O) groups is 2. The molecule has 0 radical (unpaired) electrons. The summed E-state index contributed by atoms with van der Waals surface area (Å²) in [6.45, 7) is 0. The Morgan fingerprint density at radius 2 is 1.55 bits per heavy atom. The molecule has 0 saturated carbocycles. The van der Waals surface area contributed by atoms with Gasteiger partial charge in [0.1, 0.15) is 5.75 Å².